The van der Waals surface area contributed by atoms with Crippen LogP contribution in [0.2, 0.25) is 0 Å². The van der Waals surface area contributed by atoms with Crippen molar-refractivity contribution in [2.45, 2.75) is 78.2 Å². The van der Waals surface area contributed by atoms with Gasteiger partial charge in [0.15, 0.2) is 0 Å². The molecule has 0 aliphatic heterocycles. The van der Waals surface area contributed by atoms with Crippen molar-refractivity contribution in [1.82, 2.24) is 5.32 Å². The van der Waals surface area contributed by atoms with E-state index in [1.165, 1.54) is 44.9 Å². The lowest BCUT2D eigenvalue weighted by atomic mass is 9.88. The van der Waals surface area contributed by atoms with Crippen molar-refractivity contribution in [3.8, 4) is 12.3 Å². The molecule has 1 N–H and O–H groups in total. The van der Waals surface area contributed by atoms with Gasteiger partial charge in [0.2, 0.25) is 0 Å². The summed E-state index contributed by atoms with van der Waals surface area (Å²) in [6.07, 6.45) is 15.2. The van der Waals surface area contributed by atoms with Crippen LogP contribution in [-0.4, -0.2) is 12.6 Å². The fourth-order valence-electron chi connectivity index (χ4n) is 2.41. The van der Waals surface area contributed by atoms with Crippen molar-refractivity contribution in [2.24, 2.45) is 5.92 Å². The monoisotopic (exact) mass is 237 g/mol. The fourth-order valence-corrected chi connectivity index (χ4v) is 2.41. The zero-order valence-corrected chi connectivity index (χ0v) is 12.1. The standard InChI is InChI=1S/C16H31N/c1-5-9-11-13-16(17-14-7-3)15(8-4)12-10-6-2/h1,15-17H,6-14H2,2-4H3. The molecule has 0 saturated heterocycles. The Balaban J connectivity index is 4.13. The molecule has 1 nitrogen and oxygen atoms in total. The lowest BCUT2D eigenvalue weighted by Gasteiger charge is -2.27. The highest BCUT2D eigenvalue weighted by Crippen LogP contribution is 2.20. The Bertz CT molecular complexity index is 192. The molecule has 0 aliphatic carbocycles. The summed E-state index contributed by atoms with van der Waals surface area (Å²) in [5.74, 6) is 3.58. The van der Waals surface area contributed by atoms with E-state index in [1.54, 1.807) is 0 Å². The molecule has 0 spiro atoms. The molecule has 0 saturated carbocycles. The van der Waals surface area contributed by atoms with Gasteiger partial charge in [0, 0.05) is 12.5 Å². The van der Waals surface area contributed by atoms with Crippen LogP contribution in [0.25, 0.3) is 0 Å². The molecule has 0 aromatic heterocycles. The minimum atomic E-state index is 0.680. The number of rotatable bonds is 11. The zero-order chi connectivity index (χ0) is 12.9. The maximum atomic E-state index is 5.33. The summed E-state index contributed by atoms with van der Waals surface area (Å²) < 4.78 is 0. The first-order chi connectivity index (χ1) is 8.29. The zero-order valence-electron chi connectivity index (χ0n) is 12.1. The first-order valence-corrected chi connectivity index (χ1v) is 7.46. The normalized spacial score (nSPS) is 14.2. The Labute approximate surface area is 109 Å². The van der Waals surface area contributed by atoms with Gasteiger partial charge in [-0.05, 0) is 38.1 Å². The number of unbranched alkanes of at least 4 members (excludes halogenated alkanes) is 2. The third-order valence-corrected chi connectivity index (χ3v) is 3.51. The van der Waals surface area contributed by atoms with Crippen molar-refractivity contribution in [2.75, 3.05) is 6.54 Å². The molecule has 0 radical (unpaired) electrons. The number of nitrogens with one attached hydrogen (secondary N) is 1. The molecule has 0 bridgehead atoms. The van der Waals surface area contributed by atoms with Crippen LogP contribution in [0.4, 0.5) is 0 Å². The van der Waals surface area contributed by atoms with Crippen molar-refractivity contribution in [3.05, 3.63) is 0 Å². The van der Waals surface area contributed by atoms with Gasteiger partial charge in [0.05, 0.1) is 0 Å². The lowest BCUT2D eigenvalue weighted by Crippen LogP contribution is -2.36. The topological polar surface area (TPSA) is 12.0 Å². The van der Waals surface area contributed by atoms with E-state index in [9.17, 15) is 0 Å². The van der Waals surface area contributed by atoms with E-state index in [0.717, 1.165) is 18.9 Å². The largest absolute Gasteiger partial charge is 0.314 e. The fraction of sp³-hybridized carbons (Fsp3) is 0.875. The molecule has 0 amide bonds. The minimum absolute atomic E-state index is 0.680. The van der Waals surface area contributed by atoms with E-state index < -0.39 is 0 Å². The quantitative estimate of drug-likeness (QED) is 0.415. The number of hydrogen-bond donors (Lipinski definition) is 1. The molecule has 0 aromatic carbocycles. The predicted molar refractivity (Wildman–Crippen MR) is 78.1 cm³/mol. The summed E-state index contributed by atoms with van der Waals surface area (Å²) in [7, 11) is 0. The maximum absolute atomic E-state index is 5.33. The Morgan fingerprint density at radius 2 is 1.82 bits per heavy atom. The van der Waals surface area contributed by atoms with Gasteiger partial charge in [0.1, 0.15) is 0 Å². The molecule has 0 aliphatic rings. The minimum Gasteiger partial charge on any atom is -0.314 e. The van der Waals surface area contributed by atoms with Crippen LogP contribution < -0.4 is 5.32 Å². The summed E-state index contributed by atoms with van der Waals surface area (Å²) in [6.45, 7) is 7.98. The van der Waals surface area contributed by atoms with Crippen molar-refractivity contribution < 1.29 is 0 Å². The van der Waals surface area contributed by atoms with Gasteiger partial charge < -0.3 is 5.32 Å². The second-order valence-electron chi connectivity index (χ2n) is 4.97. The van der Waals surface area contributed by atoms with Crippen LogP contribution >= 0.6 is 0 Å². The Kier molecular flexibility index (Phi) is 11.7. The molecule has 0 rings (SSSR count). The van der Waals surface area contributed by atoms with Gasteiger partial charge in [0.25, 0.3) is 0 Å². The Hall–Kier alpha value is -0.480. The van der Waals surface area contributed by atoms with Crippen LogP contribution in [-0.2, 0) is 0 Å². The molecule has 0 fully saturated rings. The summed E-state index contributed by atoms with van der Waals surface area (Å²) >= 11 is 0. The molecule has 17 heavy (non-hydrogen) atoms. The van der Waals surface area contributed by atoms with Gasteiger partial charge in [-0.3, -0.25) is 0 Å². The second kappa shape index (κ2) is 12.0. The molecular formula is C16H31N. The second-order valence-corrected chi connectivity index (χ2v) is 4.97. The van der Waals surface area contributed by atoms with Gasteiger partial charge in [-0.25, -0.2) is 0 Å². The summed E-state index contributed by atoms with van der Waals surface area (Å²) in [5.41, 5.74) is 0. The third-order valence-electron chi connectivity index (χ3n) is 3.51. The van der Waals surface area contributed by atoms with Crippen LogP contribution in [0.3, 0.4) is 0 Å². The molecule has 2 atom stereocenters. The van der Waals surface area contributed by atoms with Crippen molar-refractivity contribution in [1.29, 1.82) is 0 Å². The van der Waals surface area contributed by atoms with Crippen LogP contribution in [0.5, 0.6) is 0 Å². The van der Waals surface area contributed by atoms with Crippen LogP contribution in [0, 0.1) is 18.3 Å². The highest BCUT2D eigenvalue weighted by molar-refractivity contribution is 4.85. The van der Waals surface area contributed by atoms with Gasteiger partial charge >= 0.3 is 0 Å². The molecule has 0 aromatic rings. The van der Waals surface area contributed by atoms with Crippen LogP contribution in [0.15, 0.2) is 0 Å². The van der Waals surface area contributed by atoms with E-state index in [2.05, 4.69) is 32.0 Å². The smallest absolute Gasteiger partial charge is 0.00955 e. The van der Waals surface area contributed by atoms with E-state index in [-0.39, 0.29) is 0 Å². The first kappa shape index (κ1) is 16.5. The molecule has 2 unspecified atom stereocenters. The molecular weight excluding hydrogens is 206 g/mol. The van der Waals surface area contributed by atoms with Gasteiger partial charge in [-0.1, -0.05) is 40.0 Å². The maximum Gasteiger partial charge on any atom is 0.00955 e. The van der Waals surface area contributed by atoms with E-state index in [4.69, 9.17) is 6.42 Å². The van der Waals surface area contributed by atoms with Gasteiger partial charge in [-0.2, -0.15) is 0 Å². The lowest BCUT2D eigenvalue weighted by molar-refractivity contribution is 0.299. The van der Waals surface area contributed by atoms with Crippen molar-refractivity contribution in [3.63, 3.8) is 0 Å². The third kappa shape index (κ3) is 8.27. The average molecular weight is 237 g/mol. The van der Waals surface area contributed by atoms with E-state index in [0.29, 0.717) is 6.04 Å². The predicted octanol–water partition coefficient (Wildman–Crippen LogP) is 4.37. The van der Waals surface area contributed by atoms with Crippen molar-refractivity contribution >= 4 is 0 Å². The van der Waals surface area contributed by atoms with Crippen LogP contribution in [0.1, 0.15) is 72.1 Å². The Morgan fingerprint density at radius 1 is 1.06 bits per heavy atom. The molecule has 0 heterocycles. The van der Waals surface area contributed by atoms with E-state index in [1.807, 2.05) is 0 Å². The summed E-state index contributed by atoms with van der Waals surface area (Å²) in [4.78, 5) is 0. The van der Waals surface area contributed by atoms with E-state index >= 15 is 0 Å². The highest BCUT2D eigenvalue weighted by Gasteiger charge is 2.18. The summed E-state index contributed by atoms with van der Waals surface area (Å²) in [5, 5.41) is 3.72. The Morgan fingerprint density at radius 3 is 2.35 bits per heavy atom. The highest BCUT2D eigenvalue weighted by atomic mass is 14.9. The molecule has 100 valence electrons. The average Bonchev–Trinajstić information content (AvgIpc) is 2.36. The molecule has 1 heteroatoms. The SMILES string of the molecule is C#CCCCC(NCCC)C(CC)CCCC. The number of terminal acetylenes is 1. The first-order valence-electron chi connectivity index (χ1n) is 7.46. The van der Waals surface area contributed by atoms with Gasteiger partial charge in [-0.15, -0.1) is 12.3 Å². The summed E-state index contributed by atoms with van der Waals surface area (Å²) in [6, 6.07) is 0.680. The number of hydrogen-bond acceptors (Lipinski definition) is 1.